The fraction of sp³-hybridized carbons (Fsp3) is 0.615. The first-order valence-electron chi connectivity index (χ1n) is 12.1. The fourth-order valence-electron chi connectivity index (χ4n) is 4.91. The zero-order chi connectivity index (χ0) is 25.4. The number of ether oxygens (including phenoxy) is 3. The van der Waals surface area contributed by atoms with Crippen LogP contribution in [-0.4, -0.2) is 86.8 Å². The average Bonchev–Trinajstić information content (AvgIpc) is 3.05. The molecule has 8 atom stereocenters. The fourth-order valence-corrected chi connectivity index (χ4v) is 4.91. The normalized spacial score (nSPS) is 33.7. The second-order valence-corrected chi connectivity index (χ2v) is 9.28. The lowest BCUT2D eigenvalue weighted by Gasteiger charge is -2.51. The summed E-state index contributed by atoms with van der Waals surface area (Å²) in [5, 5.41) is 61.6. The minimum atomic E-state index is -1.60. The Morgan fingerprint density at radius 1 is 1.14 bits per heavy atom. The molecule has 1 saturated heterocycles. The maximum Gasteiger partial charge on any atom is 0.243 e. The molecule has 35 heavy (non-hydrogen) atoms. The molecule has 1 spiro atoms. The SMILES string of the molecule is C=CCc1ccc(O[C@@H]2O[C@H]([C@@H](O)CCCO)[C@@H](O)[C@H](O)[C@@]23C[C@H](CO)[C@@H](CCO)C=CO3)cc1. The Morgan fingerprint density at radius 3 is 2.51 bits per heavy atom. The lowest BCUT2D eigenvalue weighted by atomic mass is 9.75. The van der Waals surface area contributed by atoms with Gasteiger partial charge in [0.05, 0.1) is 12.4 Å². The van der Waals surface area contributed by atoms with Gasteiger partial charge >= 0.3 is 0 Å². The second-order valence-electron chi connectivity index (χ2n) is 9.28. The van der Waals surface area contributed by atoms with Crippen molar-refractivity contribution in [3.05, 3.63) is 54.8 Å². The monoisotopic (exact) mass is 494 g/mol. The van der Waals surface area contributed by atoms with Gasteiger partial charge in [-0.2, -0.15) is 0 Å². The molecule has 2 aliphatic rings. The van der Waals surface area contributed by atoms with E-state index in [2.05, 4.69) is 6.58 Å². The number of aliphatic hydroxyl groups is 6. The largest absolute Gasteiger partial charge is 0.486 e. The molecule has 0 amide bonds. The van der Waals surface area contributed by atoms with E-state index in [1.807, 2.05) is 12.1 Å². The Morgan fingerprint density at radius 2 is 1.89 bits per heavy atom. The van der Waals surface area contributed by atoms with Crippen molar-refractivity contribution in [2.75, 3.05) is 19.8 Å². The Labute approximate surface area is 205 Å². The van der Waals surface area contributed by atoms with Crippen LogP contribution in [0.2, 0.25) is 0 Å². The number of hydrogen-bond donors (Lipinski definition) is 6. The van der Waals surface area contributed by atoms with Crippen molar-refractivity contribution in [3.63, 3.8) is 0 Å². The topological polar surface area (TPSA) is 149 Å². The van der Waals surface area contributed by atoms with Crippen molar-refractivity contribution in [2.24, 2.45) is 11.8 Å². The molecule has 0 unspecified atom stereocenters. The van der Waals surface area contributed by atoms with E-state index in [0.717, 1.165) is 5.56 Å². The highest BCUT2D eigenvalue weighted by Gasteiger charge is 2.61. The van der Waals surface area contributed by atoms with Crippen LogP contribution in [0, 0.1) is 11.8 Å². The van der Waals surface area contributed by atoms with Crippen LogP contribution in [0.15, 0.2) is 49.3 Å². The Kier molecular flexibility index (Phi) is 10.1. The van der Waals surface area contributed by atoms with Gasteiger partial charge in [-0.25, -0.2) is 0 Å². The van der Waals surface area contributed by atoms with Gasteiger partial charge in [-0.1, -0.05) is 18.2 Å². The molecular formula is C26H38O9. The third-order valence-electron chi connectivity index (χ3n) is 6.92. The molecule has 196 valence electrons. The van der Waals surface area contributed by atoms with Crippen LogP contribution in [-0.2, 0) is 15.9 Å². The van der Waals surface area contributed by atoms with Crippen LogP contribution < -0.4 is 4.74 Å². The summed E-state index contributed by atoms with van der Waals surface area (Å²) < 4.78 is 18.2. The van der Waals surface area contributed by atoms with E-state index in [1.54, 1.807) is 24.3 Å². The lowest BCUT2D eigenvalue weighted by molar-refractivity contribution is -0.333. The van der Waals surface area contributed by atoms with Crippen molar-refractivity contribution in [1.82, 2.24) is 0 Å². The molecule has 3 rings (SSSR count). The molecule has 0 radical (unpaired) electrons. The van der Waals surface area contributed by atoms with Crippen LogP contribution in [0.4, 0.5) is 0 Å². The number of hydrogen-bond acceptors (Lipinski definition) is 9. The molecule has 1 aromatic carbocycles. The van der Waals surface area contributed by atoms with E-state index >= 15 is 0 Å². The van der Waals surface area contributed by atoms with Gasteiger partial charge in [0.2, 0.25) is 6.29 Å². The van der Waals surface area contributed by atoms with Crippen LogP contribution >= 0.6 is 0 Å². The molecule has 9 heteroatoms. The highest BCUT2D eigenvalue weighted by Crippen LogP contribution is 2.44. The highest BCUT2D eigenvalue weighted by atomic mass is 16.7. The van der Waals surface area contributed by atoms with Crippen LogP contribution in [0.1, 0.15) is 31.2 Å². The summed E-state index contributed by atoms with van der Waals surface area (Å²) in [4.78, 5) is 0. The third kappa shape index (κ3) is 6.24. The maximum absolute atomic E-state index is 11.3. The van der Waals surface area contributed by atoms with Gasteiger partial charge in [0.25, 0.3) is 0 Å². The van der Waals surface area contributed by atoms with Gasteiger partial charge in [-0.3, -0.25) is 0 Å². The molecule has 0 aromatic heterocycles. The molecule has 2 aliphatic heterocycles. The van der Waals surface area contributed by atoms with E-state index in [1.165, 1.54) is 6.26 Å². The predicted octanol–water partition coefficient (Wildman–Crippen LogP) is 0.654. The van der Waals surface area contributed by atoms with Crippen molar-refractivity contribution >= 4 is 0 Å². The van der Waals surface area contributed by atoms with Gasteiger partial charge in [-0.05, 0) is 61.3 Å². The molecule has 2 heterocycles. The molecule has 0 saturated carbocycles. The Balaban J connectivity index is 1.95. The van der Waals surface area contributed by atoms with E-state index in [9.17, 15) is 25.5 Å². The Hall–Kier alpha value is -1.98. The smallest absolute Gasteiger partial charge is 0.243 e. The first kappa shape index (κ1) is 27.6. The van der Waals surface area contributed by atoms with E-state index < -0.39 is 42.2 Å². The zero-order valence-corrected chi connectivity index (χ0v) is 19.9. The van der Waals surface area contributed by atoms with Gasteiger partial charge < -0.3 is 44.8 Å². The molecule has 0 bridgehead atoms. The van der Waals surface area contributed by atoms with E-state index in [0.29, 0.717) is 25.0 Å². The quantitative estimate of drug-likeness (QED) is 0.244. The first-order chi connectivity index (χ1) is 16.9. The third-order valence-corrected chi connectivity index (χ3v) is 6.92. The molecular weight excluding hydrogens is 456 g/mol. The molecule has 9 nitrogen and oxygen atoms in total. The summed E-state index contributed by atoms with van der Waals surface area (Å²) in [5.41, 5.74) is -0.569. The van der Waals surface area contributed by atoms with Crippen LogP contribution in [0.3, 0.4) is 0 Å². The molecule has 6 N–H and O–H groups in total. The van der Waals surface area contributed by atoms with Gasteiger partial charge in [0.1, 0.15) is 24.1 Å². The van der Waals surface area contributed by atoms with Crippen molar-refractivity contribution in [3.8, 4) is 5.75 Å². The number of rotatable bonds is 11. The summed E-state index contributed by atoms with van der Waals surface area (Å²) in [5.74, 6) is -0.206. The van der Waals surface area contributed by atoms with Crippen molar-refractivity contribution in [2.45, 2.75) is 68.4 Å². The number of allylic oxidation sites excluding steroid dienone is 2. The molecule has 1 fully saturated rings. The second kappa shape index (κ2) is 12.8. The predicted molar refractivity (Wildman–Crippen MR) is 127 cm³/mol. The standard InChI is InChI=1S/C26H38O9/c1-2-4-17-6-8-20(9-7-17)34-25-26(15-19(16-29)18(10-13-28)11-14-33-26)24(32)22(31)23(35-25)21(30)5-3-12-27/h2,6-9,11,14,18-19,21-25,27-32H,1,3-5,10,12-13,15-16H2/t18-,19+,21-,22+,23+,24-,25+,26-/m0/s1. The summed E-state index contributed by atoms with van der Waals surface area (Å²) in [6.45, 7) is 3.27. The minimum Gasteiger partial charge on any atom is -0.486 e. The Bertz CT molecular complexity index is 814. The van der Waals surface area contributed by atoms with Crippen LogP contribution in [0.25, 0.3) is 0 Å². The molecule has 1 aromatic rings. The van der Waals surface area contributed by atoms with Crippen molar-refractivity contribution < 1.29 is 44.8 Å². The summed E-state index contributed by atoms with van der Waals surface area (Å²) >= 11 is 0. The van der Waals surface area contributed by atoms with Crippen molar-refractivity contribution in [1.29, 1.82) is 0 Å². The maximum atomic E-state index is 11.3. The number of aliphatic hydroxyl groups excluding tert-OH is 6. The van der Waals surface area contributed by atoms with E-state index in [-0.39, 0.29) is 38.6 Å². The highest BCUT2D eigenvalue weighted by molar-refractivity contribution is 5.29. The number of benzene rings is 1. The van der Waals surface area contributed by atoms with Gasteiger partial charge in [0.15, 0.2) is 5.60 Å². The summed E-state index contributed by atoms with van der Waals surface area (Å²) in [6.07, 6.45) is -0.159. The van der Waals surface area contributed by atoms with Gasteiger partial charge in [0, 0.05) is 26.2 Å². The lowest BCUT2D eigenvalue weighted by Crippen LogP contribution is -2.70. The zero-order valence-electron chi connectivity index (χ0n) is 19.9. The first-order valence-corrected chi connectivity index (χ1v) is 12.1. The average molecular weight is 495 g/mol. The van der Waals surface area contributed by atoms with Gasteiger partial charge in [-0.15, -0.1) is 6.58 Å². The summed E-state index contributed by atoms with van der Waals surface area (Å²) in [7, 11) is 0. The molecule has 0 aliphatic carbocycles. The van der Waals surface area contributed by atoms with Crippen LogP contribution in [0.5, 0.6) is 5.75 Å². The van der Waals surface area contributed by atoms with E-state index in [4.69, 9.17) is 19.3 Å². The minimum absolute atomic E-state index is 0.0675. The summed E-state index contributed by atoms with van der Waals surface area (Å²) in [6, 6.07) is 7.23.